The molecule has 24 heavy (non-hydrogen) atoms. The molecule has 0 saturated carbocycles. The molecule has 6 heteroatoms. The first-order valence-electron chi connectivity index (χ1n) is 8.07. The summed E-state index contributed by atoms with van der Waals surface area (Å²) in [4.78, 5) is 19.4. The average molecular weight is 355 g/mol. The zero-order chi connectivity index (χ0) is 16.7. The Kier molecular flexibility index (Phi) is 4.02. The molecule has 0 aliphatic rings. The second kappa shape index (κ2) is 6.18. The molecule has 0 spiro atoms. The number of pyridine rings is 2. The highest BCUT2D eigenvalue weighted by Crippen LogP contribution is 2.30. The summed E-state index contributed by atoms with van der Waals surface area (Å²) in [7, 11) is 0. The van der Waals surface area contributed by atoms with Crippen molar-refractivity contribution in [3.05, 3.63) is 46.3 Å². The summed E-state index contributed by atoms with van der Waals surface area (Å²) in [5.41, 5.74) is 3.14. The number of fused-ring (bicyclic) bond motifs is 2. The predicted octanol–water partition coefficient (Wildman–Crippen LogP) is 5.17. The molecule has 0 bridgehead atoms. The summed E-state index contributed by atoms with van der Waals surface area (Å²) in [6.07, 6.45) is 4.57. The zero-order valence-electron chi connectivity index (χ0n) is 13.9. The first-order valence-corrected chi connectivity index (χ1v) is 9.70. The molecule has 0 aliphatic heterocycles. The molecule has 0 N–H and O–H groups in total. The minimum Gasteiger partial charge on any atom is -0.263 e. The molecule has 1 atom stereocenters. The molecule has 0 saturated heterocycles. The number of thiazole rings is 2. The van der Waals surface area contributed by atoms with Crippen LogP contribution in [0.15, 0.2) is 30.6 Å². The number of hydrogen-bond donors (Lipinski definition) is 0. The lowest BCUT2D eigenvalue weighted by Crippen LogP contribution is -1.99. The third-order valence-corrected chi connectivity index (χ3v) is 6.47. The lowest BCUT2D eigenvalue weighted by Gasteiger charge is -2.07. The molecular weight excluding hydrogens is 336 g/mol. The van der Waals surface area contributed by atoms with Crippen LogP contribution in [0.5, 0.6) is 0 Å². The Labute approximate surface area is 148 Å². The summed E-state index contributed by atoms with van der Waals surface area (Å²) < 4.78 is 1.15. The fraction of sp³-hybridized carbons (Fsp3) is 0.333. The van der Waals surface area contributed by atoms with Crippen LogP contribution >= 0.6 is 22.7 Å². The van der Waals surface area contributed by atoms with Crippen molar-refractivity contribution in [3.63, 3.8) is 0 Å². The minimum atomic E-state index is 0.338. The largest absolute Gasteiger partial charge is 0.263 e. The van der Waals surface area contributed by atoms with Crippen molar-refractivity contribution in [2.24, 2.45) is 0 Å². The molecule has 1 unspecified atom stereocenters. The van der Waals surface area contributed by atoms with Gasteiger partial charge in [0, 0.05) is 29.9 Å². The van der Waals surface area contributed by atoms with Crippen molar-refractivity contribution >= 4 is 43.2 Å². The first-order chi connectivity index (χ1) is 11.6. The second-order valence-corrected chi connectivity index (χ2v) is 8.41. The van der Waals surface area contributed by atoms with Gasteiger partial charge in [-0.2, -0.15) is 0 Å². The van der Waals surface area contributed by atoms with Crippen molar-refractivity contribution in [3.8, 4) is 0 Å². The molecule has 0 aliphatic carbocycles. The first kappa shape index (κ1) is 15.6. The fourth-order valence-corrected chi connectivity index (χ4v) is 4.59. The predicted molar refractivity (Wildman–Crippen MR) is 101 cm³/mol. The molecule has 4 aromatic heterocycles. The van der Waals surface area contributed by atoms with Gasteiger partial charge in [-0.15, -0.1) is 11.3 Å². The van der Waals surface area contributed by atoms with Gasteiger partial charge in [0.1, 0.15) is 10.3 Å². The number of nitrogens with zero attached hydrogens (tertiary/aromatic N) is 4. The number of aromatic nitrogens is 4. The van der Waals surface area contributed by atoms with E-state index in [1.54, 1.807) is 28.9 Å². The van der Waals surface area contributed by atoms with Gasteiger partial charge in [-0.25, -0.2) is 15.0 Å². The van der Waals surface area contributed by atoms with E-state index >= 15 is 0 Å². The summed E-state index contributed by atoms with van der Waals surface area (Å²) in [6.45, 7) is 6.55. The second-order valence-electron chi connectivity index (χ2n) is 6.33. The Morgan fingerprint density at radius 3 is 2.54 bits per heavy atom. The van der Waals surface area contributed by atoms with E-state index in [0.29, 0.717) is 11.8 Å². The molecule has 0 amide bonds. The molecule has 0 radical (unpaired) electrons. The van der Waals surface area contributed by atoms with Crippen LogP contribution in [0.3, 0.4) is 0 Å². The SMILES string of the molecule is CC(C)c1nc2ccc(CC(C)c3nc4ccncc4s3)nc2s1. The van der Waals surface area contributed by atoms with Gasteiger partial charge < -0.3 is 0 Å². The monoisotopic (exact) mass is 354 g/mol. The minimum absolute atomic E-state index is 0.338. The van der Waals surface area contributed by atoms with Gasteiger partial charge in [-0.3, -0.25) is 4.98 Å². The lowest BCUT2D eigenvalue weighted by atomic mass is 10.1. The van der Waals surface area contributed by atoms with Crippen LogP contribution in [0.25, 0.3) is 20.6 Å². The Morgan fingerprint density at radius 2 is 1.75 bits per heavy atom. The Bertz CT molecular complexity index is 970. The lowest BCUT2D eigenvalue weighted by molar-refractivity contribution is 0.739. The van der Waals surface area contributed by atoms with E-state index in [1.807, 2.05) is 12.3 Å². The maximum Gasteiger partial charge on any atom is 0.143 e. The molecule has 0 fully saturated rings. The van der Waals surface area contributed by atoms with E-state index in [1.165, 1.54) is 0 Å². The van der Waals surface area contributed by atoms with Crippen LogP contribution < -0.4 is 0 Å². The van der Waals surface area contributed by atoms with Gasteiger partial charge in [0.25, 0.3) is 0 Å². The highest BCUT2D eigenvalue weighted by molar-refractivity contribution is 7.18. The zero-order valence-corrected chi connectivity index (χ0v) is 15.5. The van der Waals surface area contributed by atoms with Crippen LogP contribution in [-0.4, -0.2) is 19.9 Å². The third-order valence-electron chi connectivity index (χ3n) is 3.97. The van der Waals surface area contributed by atoms with Crippen molar-refractivity contribution in [2.45, 2.75) is 39.0 Å². The molecule has 4 rings (SSSR count). The fourth-order valence-electron chi connectivity index (χ4n) is 2.64. The van der Waals surface area contributed by atoms with E-state index in [4.69, 9.17) is 9.97 Å². The van der Waals surface area contributed by atoms with Crippen LogP contribution in [0, 0.1) is 0 Å². The maximum atomic E-state index is 4.82. The van der Waals surface area contributed by atoms with Gasteiger partial charge in [0.05, 0.1) is 20.2 Å². The standard InChI is InChI=1S/C18H18N4S2/c1-10(2)16-22-14-5-4-12(20-18(14)24-16)8-11(3)17-21-13-6-7-19-9-15(13)23-17/h4-7,9-11H,8H2,1-3H3. The maximum absolute atomic E-state index is 4.82. The molecule has 4 aromatic rings. The van der Waals surface area contributed by atoms with Crippen molar-refractivity contribution < 1.29 is 0 Å². The van der Waals surface area contributed by atoms with Gasteiger partial charge >= 0.3 is 0 Å². The average Bonchev–Trinajstić information content (AvgIpc) is 3.18. The highest BCUT2D eigenvalue weighted by Gasteiger charge is 2.15. The molecule has 4 heterocycles. The van der Waals surface area contributed by atoms with Crippen molar-refractivity contribution in [1.29, 1.82) is 0 Å². The number of rotatable bonds is 4. The van der Waals surface area contributed by atoms with E-state index in [-0.39, 0.29) is 0 Å². The van der Waals surface area contributed by atoms with Crippen LogP contribution in [0.2, 0.25) is 0 Å². The van der Waals surface area contributed by atoms with Crippen LogP contribution in [0.1, 0.15) is 48.3 Å². The topological polar surface area (TPSA) is 51.6 Å². The Hall–Kier alpha value is -1.92. The number of hydrogen-bond acceptors (Lipinski definition) is 6. The summed E-state index contributed by atoms with van der Waals surface area (Å²) in [5.74, 6) is 0.785. The van der Waals surface area contributed by atoms with Crippen LogP contribution in [0.4, 0.5) is 0 Å². The van der Waals surface area contributed by atoms with E-state index in [0.717, 1.165) is 42.7 Å². The van der Waals surface area contributed by atoms with E-state index in [2.05, 4.69) is 42.9 Å². The van der Waals surface area contributed by atoms with Crippen LogP contribution in [-0.2, 0) is 6.42 Å². The van der Waals surface area contributed by atoms with Gasteiger partial charge in [0.2, 0.25) is 0 Å². The van der Waals surface area contributed by atoms with E-state index in [9.17, 15) is 0 Å². The molecule has 0 aromatic carbocycles. The quantitative estimate of drug-likeness (QED) is 0.507. The smallest absolute Gasteiger partial charge is 0.143 e. The van der Waals surface area contributed by atoms with Gasteiger partial charge in [-0.1, -0.05) is 32.1 Å². The van der Waals surface area contributed by atoms with E-state index < -0.39 is 0 Å². The van der Waals surface area contributed by atoms with Gasteiger partial charge in [-0.05, 0) is 24.6 Å². The molecule has 122 valence electrons. The highest BCUT2D eigenvalue weighted by atomic mass is 32.1. The summed E-state index contributed by atoms with van der Waals surface area (Å²) in [6, 6.07) is 6.16. The molecule has 4 nitrogen and oxygen atoms in total. The molecular formula is C18H18N4S2. The summed E-state index contributed by atoms with van der Waals surface area (Å²) in [5, 5.41) is 2.30. The Morgan fingerprint density at radius 1 is 0.917 bits per heavy atom. The third kappa shape index (κ3) is 2.91. The summed E-state index contributed by atoms with van der Waals surface area (Å²) >= 11 is 3.43. The van der Waals surface area contributed by atoms with Gasteiger partial charge in [0.15, 0.2) is 0 Å². The van der Waals surface area contributed by atoms with Crippen molar-refractivity contribution in [1.82, 2.24) is 19.9 Å². The Balaban J connectivity index is 1.60. The van der Waals surface area contributed by atoms with Crippen molar-refractivity contribution in [2.75, 3.05) is 0 Å². The normalized spacial score (nSPS) is 13.2.